The van der Waals surface area contributed by atoms with Crippen LogP contribution in [-0.4, -0.2) is 64.5 Å². The van der Waals surface area contributed by atoms with Crippen LogP contribution in [0, 0.1) is 11.8 Å². The number of carbonyl (C=O) groups is 2. The molecular formula is C20H27N3O3. The van der Waals surface area contributed by atoms with Gasteiger partial charge in [-0.1, -0.05) is 0 Å². The van der Waals surface area contributed by atoms with E-state index in [1.165, 1.54) is 12.8 Å². The number of nitrogens with zero attached hydrogens (tertiary/aromatic N) is 2. The van der Waals surface area contributed by atoms with Crippen molar-refractivity contribution in [1.82, 2.24) is 14.8 Å². The molecule has 0 aliphatic carbocycles. The molecule has 0 saturated carbocycles. The molecule has 140 valence electrons. The van der Waals surface area contributed by atoms with E-state index in [0.717, 1.165) is 45.3 Å². The zero-order valence-corrected chi connectivity index (χ0v) is 15.1. The molecule has 0 unspecified atom stereocenters. The van der Waals surface area contributed by atoms with Crippen molar-refractivity contribution in [1.29, 1.82) is 0 Å². The Morgan fingerprint density at radius 1 is 1.15 bits per heavy atom. The van der Waals surface area contributed by atoms with E-state index in [4.69, 9.17) is 4.74 Å². The van der Waals surface area contributed by atoms with Crippen molar-refractivity contribution in [2.75, 3.05) is 19.6 Å². The number of esters is 1. The van der Waals surface area contributed by atoms with Gasteiger partial charge in [-0.3, -0.25) is 9.69 Å². The molecule has 1 aromatic heterocycles. The maximum atomic E-state index is 12.4. The summed E-state index contributed by atoms with van der Waals surface area (Å²) in [6, 6.07) is 4.48. The molecule has 0 radical (unpaired) electrons. The number of rotatable bonds is 2. The Morgan fingerprint density at radius 2 is 2.04 bits per heavy atom. The minimum Gasteiger partial charge on any atom is -0.458 e. The number of aromatic nitrogens is 1. The summed E-state index contributed by atoms with van der Waals surface area (Å²) in [4.78, 5) is 32.4. The summed E-state index contributed by atoms with van der Waals surface area (Å²) in [5.41, 5.74) is 0.524. The standard InChI is InChI=1S/C20H27N3O3/c24-19-5-1-4-17-13-9-14(12-23(17)19)18-10-15(6-8-22(18)11-13)26-20(25)16-3-2-7-21-16/h2-3,7,13-15,17-18,21H,1,4-6,8-12H2/t13-,14-,15+,17+,18-/m1/s1. The van der Waals surface area contributed by atoms with Gasteiger partial charge in [0.1, 0.15) is 11.8 Å². The van der Waals surface area contributed by atoms with Crippen LogP contribution in [0.25, 0.3) is 0 Å². The zero-order valence-electron chi connectivity index (χ0n) is 15.1. The van der Waals surface area contributed by atoms with Crippen LogP contribution < -0.4 is 0 Å². The molecule has 6 heteroatoms. The van der Waals surface area contributed by atoms with Crippen molar-refractivity contribution in [3.8, 4) is 0 Å². The van der Waals surface area contributed by atoms with Crippen LogP contribution in [0.5, 0.6) is 0 Å². The Labute approximate surface area is 153 Å². The van der Waals surface area contributed by atoms with Crippen LogP contribution in [0.1, 0.15) is 49.0 Å². The molecule has 5 atom stereocenters. The largest absolute Gasteiger partial charge is 0.458 e. The van der Waals surface area contributed by atoms with E-state index >= 15 is 0 Å². The molecule has 5 rings (SSSR count). The highest BCUT2D eigenvalue weighted by atomic mass is 16.5. The van der Waals surface area contributed by atoms with Crippen molar-refractivity contribution in [3.05, 3.63) is 24.0 Å². The Kier molecular flexibility index (Phi) is 4.03. The lowest BCUT2D eigenvalue weighted by atomic mass is 9.70. The first-order valence-corrected chi connectivity index (χ1v) is 10.1. The lowest BCUT2D eigenvalue weighted by Crippen LogP contribution is -2.65. The molecule has 1 N–H and O–H groups in total. The van der Waals surface area contributed by atoms with Gasteiger partial charge in [0.25, 0.3) is 0 Å². The third-order valence-electron chi connectivity index (χ3n) is 7.01. The van der Waals surface area contributed by atoms with Crippen molar-refractivity contribution >= 4 is 11.9 Å². The molecular weight excluding hydrogens is 330 g/mol. The smallest absolute Gasteiger partial charge is 0.355 e. The average molecular weight is 357 g/mol. The number of hydrogen-bond donors (Lipinski definition) is 1. The lowest BCUT2D eigenvalue weighted by molar-refractivity contribution is -0.150. The second-order valence-corrected chi connectivity index (χ2v) is 8.46. The number of fused-ring (bicyclic) bond motifs is 6. The van der Waals surface area contributed by atoms with Gasteiger partial charge in [0.05, 0.1) is 0 Å². The van der Waals surface area contributed by atoms with Crippen LogP contribution in [0.3, 0.4) is 0 Å². The van der Waals surface area contributed by atoms with E-state index < -0.39 is 0 Å². The Hall–Kier alpha value is -1.82. The number of nitrogens with one attached hydrogen (secondary N) is 1. The predicted octanol–water partition coefficient (Wildman–Crippen LogP) is 2.04. The average Bonchev–Trinajstić information content (AvgIpc) is 3.18. The molecule has 4 fully saturated rings. The molecule has 4 aliphatic rings. The molecule has 1 aromatic rings. The van der Waals surface area contributed by atoms with Gasteiger partial charge in [-0.2, -0.15) is 0 Å². The highest BCUT2D eigenvalue weighted by molar-refractivity contribution is 5.87. The normalized spacial score (nSPS) is 37.0. The van der Waals surface area contributed by atoms with Gasteiger partial charge in [-0.15, -0.1) is 0 Å². The van der Waals surface area contributed by atoms with E-state index in [1.54, 1.807) is 12.3 Å². The van der Waals surface area contributed by atoms with Crippen molar-refractivity contribution < 1.29 is 14.3 Å². The van der Waals surface area contributed by atoms with Crippen LogP contribution in [0.4, 0.5) is 0 Å². The number of ether oxygens (including phenoxy) is 1. The molecule has 0 aromatic carbocycles. The summed E-state index contributed by atoms with van der Waals surface area (Å²) < 4.78 is 5.77. The Balaban J connectivity index is 1.28. The number of aromatic amines is 1. The first-order valence-electron chi connectivity index (χ1n) is 10.1. The molecule has 1 amide bonds. The van der Waals surface area contributed by atoms with Crippen molar-refractivity contribution in [2.24, 2.45) is 11.8 Å². The maximum absolute atomic E-state index is 12.4. The maximum Gasteiger partial charge on any atom is 0.355 e. The first kappa shape index (κ1) is 16.4. The van der Waals surface area contributed by atoms with Gasteiger partial charge >= 0.3 is 5.97 Å². The number of amides is 1. The topological polar surface area (TPSA) is 65.6 Å². The van der Waals surface area contributed by atoms with E-state index in [2.05, 4.69) is 14.8 Å². The van der Waals surface area contributed by atoms with E-state index in [0.29, 0.717) is 35.5 Å². The van der Waals surface area contributed by atoms with Crippen LogP contribution in [0.15, 0.2) is 18.3 Å². The highest BCUT2D eigenvalue weighted by Gasteiger charge is 2.49. The van der Waals surface area contributed by atoms with Crippen molar-refractivity contribution in [3.63, 3.8) is 0 Å². The molecule has 6 nitrogen and oxygen atoms in total. The SMILES string of the molecule is O=C(O[C@H]1CCN2C[C@H]3C[C@H](CN4C(=O)CCC[C@@H]34)[C@H]2C1)c1ccc[nH]1. The fourth-order valence-corrected chi connectivity index (χ4v) is 5.83. The number of carbonyl (C=O) groups excluding carboxylic acids is 2. The van der Waals surface area contributed by atoms with Crippen LogP contribution in [0.2, 0.25) is 0 Å². The quantitative estimate of drug-likeness (QED) is 0.823. The van der Waals surface area contributed by atoms with E-state index in [1.807, 2.05) is 6.07 Å². The minimum absolute atomic E-state index is 0.0154. The van der Waals surface area contributed by atoms with Gasteiger partial charge in [0.15, 0.2) is 0 Å². The molecule has 0 spiro atoms. The van der Waals surface area contributed by atoms with Gasteiger partial charge < -0.3 is 14.6 Å². The number of hydrogen-bond acceptors (Lipinski definition) is 4. The summed E-state index contributed by atoms with van der Waals surface area (Å²) in [5.74, 6) is 1.26. The van der Waals surface area contributed by atoms with E-state index in [-0.39, 0.29) is 12.1 Å². The summed E-state index contributed by atoms with van der Waals surface area (Å²) in [6.45, 7) is 3.01. The van der Waals surface area contributed by atoms with Gasteiger partial charge in [-0.05, 0) is 49.7 Å². The van der Waals surface area contributed by atoms with Gasteiger partial charge in [-0.25, -0.2) is 4.79 Å². The summed E-state index contributed by atoms with van der Waals surface area (Å²) in [5, 5.41) is 0. The van der Waals surface area contributed by atoms with Crippen LogP contribution in [-0.2, 0) is 9.53 Å². The summed E-state index contributed by atoms with van der Waals surface area (Å²) in [7, 11) is 0. The zero-order chi connectivity index (χ0) is 17.7. The Bertz CT molecular complexity index is 688. The van der Waals surface area contributed by atoms with Crippen LogP contribution >= 0.6 is 0 Å². The third-order valence-corrected chi connectivity index (χ3v) is 7.01. The molecule has 5 heterocycles. The molecule has 26 heavy (non-hydrogen) atoms. The second-order valence-electron chi connectivity index (χ2n) is 8.46. The lowest BCUT2D eigenvalue weighted by Gasteiger charge is -2.57. The fourth-order valence-electron chi connectivity index (χ4n) is 5.83. The van der Waals surface area contributed by atoms with Gasteiger partial charge in [0, 0.05) is 50.8 Å². The van der Waals surface area contributed by atoms with E-state index in [9.17, 15) is 9.59 Å². The fraction of sp³-hybridized carbons (Fsp3) is 0.700. The molecule has 2 bridgehead atoms. The molecule has 4 saturated heterocycles. The molecule has 4 aliphatic heterocycles. The highest BCUT2D eigenvalue weighted by Crippen LogP contribution is 2.43. The Morgan fingerprint density at radius 3 is 2.88 bits per heavy atom. The first-order chi connectivity index (χ1) is 12.7. The predicted molar refractivity (Wildman–Crippen MR) is 95.5 cm³/mol. The monoisotopic (exact) mass is 357 g/mol. The third kappa shape index (κ3) is 2.75. The number of H-pyrrole nitrogens is 1. The minimum atomic E-state index is -0.253. The summed E-state index contributed by atoms with van der Waals surface area (Å²) >= 11 is 0. The second kappa shape index (κ2) is 6.41. The van der Waals surface area contributed by atoms with Gasteiger partial charge in [0.2, 0.25) is 5.91 Å². The van der Waals surface area contributed by atoms with Crippen molar-refractivity contribution in [2.45, 2.75) is 56.7 Å². The summed E-state index contributed by atoms with van der Waals surface area (Å²) in [6.07, 6.45) is 7.73. The number of piperidine rings is 4.